The van der Waals surface area contributed by atoms with E-state index in [0.717, 1.165) is 18.8 Å². The van der Waals surface area contributed by atoms with E-state index in [0.29, 0.717) is 0 Å². The smallest absolute Gasteiger partial charge is 0.132 e. The average Bonchev–Trinajstić information content (AvgIpc) is 2.52. The SMILES string of the molecule is CCCCCc1nncn1CC. The van der Waals surface area contributed by atoms with Crippen molar-refractivity contribution in [2.24, 2.45) is 0 Å². The molecule has 0 amide bonds. The highest BCUT2D eigenvalue weighted by Crippen LogP contribution is 2.03. The predicted molar refractivity (Wildman–Crippen MR) is 48.9 cm³/mol. The molecule has 0 aliphatic heterocycles. The van der Waals surface area contributed by atoms with Crippen LogP contribution in [0.4, 0.5) is 0 Å². The Morgan fingerprint density at radius 3 is 2.83 bits per heavy atom. The molecule has 1 rings (SSSR count). The van der Waals surface area contributed by atoms with Crippen molar-refractivity contribution in [1.29, 1.82) is 0 Å². The summed E-state index contributed by atoms with van der Waals surface area (Å²) < 4.78 is 2.11. The normalized spacial score (nSPS) is 10.5. The minimum Gasteiger partial charge on any atom is -0.318 e. The van der Waals surface area contributed by atoms with Gasteiger partial charge in [0, 0.05) is 13.0 Å². The van der Waals surface area contributed by atoms with Crippen LogP contribution in [0.2, 0.25) is 0 Å². The van der Waals surface area contributed by atoms with Gasteiger partial charge >= 0.3 is 0 Å². The Labute approximate surface area is 73.8 Å². The highest BCUT2D eigenvalue weighted by Gasteiger charge is 2.00. The molecule has 0 saturated carbocycles. The van der Waals surface area contributed by atoms with Crippen molar-refractivity contribution in [2.45, 2.75) is 46.1 Å². The van der Waals surface area contributed by atoms with Crippen molar-refractivity contribution in [3.8, 4) is 0 Å². The molecule has 0 bridgehead atoms. The van der Waals surface area contributed by atoms with Crippen LogP contribution >= 0.6 is 0 Å². The number of aromatic nitrogens is 3. The van der Waals surface area contributed by atoms with Crippen LogP contribution in [0, 0.1) is 0 Å². The molecule has 1 aromatic rings. The van der Waals surface area contributed by atoms with Crippen molar-refractivity contribution < 1.29 is 0 Å². The largest absolute Gasteiger partial charge is 0.318 e. The molecule has 0 fully saturated rings. The molecular weight excluding hydrogens is 150 g/mol. The zero-order valence-electron chi connectivity index (χ0n) is 7.95. The lowest BCUT2D eigenvalue weighted by atomic mass is 10.2. The molecule has 3 nitrogen and oxygen atoms in total. The van der Waals surface area contributed by atoms with Gasteiger partial charge in [0.15, 0.2) is 0 Å². The van der Waals surface area contributed by atoms with Gasteiger partial charge in [0.1, 0.15) is 12.2 Å². The summed E-state index contributed by atoms with van der Waals surface area (Å²) in [5.41, 5.74) is 0. The van der Waals surface area contributed by atoms with Crippen molar-refractivity contribution >= 4 is 0 Å². The minimum absolute atomic E-state index is 0.981. The molecule has 3 heteroatoms. The summed E-state index contributed by atoms with van der Waals surface area (Å²) in [5, 5.41) is 7.96. The summed E-state index contributed by atoms with van der Waals surface area (Å²) in [6.45, 7) is 5.31. The van der Waals surface area contributed by atoms with E-state index in [2.05, 4.69) is 28.6 Å². The van der Waals surface area contributed by atoms with Gasteiger partial charge in [0.25, 0.3) is 0 Å². The molecule has 0 radical (unpaired) electrons. The van der Waals surface area contributed by atoms with Crippen LogP contribution in [0.1, 0.15) is 38.9 Å². The first-order chi connectivity index (χ1) is 5.88. The fourth-order valence-corrected chi connectivity index (χ4v) is 1.27. The first-order valence-corrected chi connectivity index (χ1v) is 4.75. The monoisotopic (exact) mass is 167 g/mol. The van der Waals surface area contributed by atoms with Crippen LogP contribution < -0.4 is 0 Å². The topological polar surface area (TPSA) is 30.7 Å². The molecule has 12 heavy (non-hydrogen) atoms. The van der Waals surface area contributed by atoms with Gasteiger partial charge < -0.3 is 4.57 Å². The Morgan fingerprint density at radius 1 is 1.33 bits per heavy atom. The Bertz CT molecular complexity index is 217. The van der Waals surface area contributed by atoms with Gasteiger partial charge in [0.2, 0.25) is 0 Å². The summed E-state index contributed by atoms with van der Waals surface area (Å²) in [6.07, 6.45) is 6.66. The summed E-state index contributed by atoms with van der Waals surface area (Å²) in [4.78, 5) is 0. The number of hydrogen-bond acceptors (Lipinski definition) is 2. The van der Waals surface area contributed by atoms with Crippen molar-refractivity contribution in [3.05, 3.63) is 12.2 Å². The van der Waals surface area contributed by atoms with Gasteiger partial charge in [-0.25, -0.2) is 0 Å². The lowest BCUT2D eigenvalue weighted by Crippen LogP contribution is -2.00. The molecule has 0 unspecified atom stereocenters. The zero-order valence-corrected chi connectivity index (χ0v) is 7.95. The van der Waals surface area contributed by atoms with Crippen LogP contribution in [-0.2, 0) is 13.0 Å². The number of hydrogen-bond donors (Lipinski definition) is 0. The maximum atomic E-state index is 4.07. The van der Waals surface area contributed by atoms with E-state index in [1.807, 2.05) is 0 Å². The molecular formula is C9H17N3. The number of aryl methyl sites for hydroxylation is 2. The van der Waals surface area contributed by atoms with Crippen LogP contribution in [0.5, 0.6) is 0 Å². The molecule has 0 aliphatic rings. The van der Waals surface area contributed by atoms with E-state index in [9.17, 15) is 0 Å². The van der Waals surface area contributed by atoms with Gasteiger partial charge in [-0.1, -0.05) is 19.8 Å². The molecule has 0 aromatic carbocycles. The zero-order chi connectivity index (χ0) is 8.81. The van der Waals surface area contributed by atoms with E-state index in [1.165, 1.54) is 19.3 Å². The maximum Gasteiger partial charge on any atom is 0.132 e. The van der Waals surface area contributed by atoms with Crippen LogP contribution in [0.3, 0.4) is 0 Å². The second kappa shape index (κ2) is 4.91. The molecule has 0 N–H and O–H groups in total. The fourth-order valence-electron chi connectivity index (χ4n) is 1.27. The maximum absolute atomic E-state index is 4.07. The standard InChI is InChI=1S/C9H17N3/c1-3-5-6-7-9-11-10-8-12(9)4-2/h8H,3-7H2,1-2H3. The van der Waals surface area contributed by atoms with E-state index in [-0.39, 0.29) is 0 Å². The van der Waals surface area contributed by atoms with E-state index >= 15 is 0 Å². The van der Waals surface area contributed by atoms with Crippen molar-refractivity contribution in [1.82, 2.24) is 14.8 Å². The summed E-state index contributed by atoms with van der Waals surface area (Å²) in [7, 11) is 0. The Morgan fingerprint density at radius 2 is 2.17 bits per heavy atom. The Hall–Kier alpha value is -0.860. The Balaban J connectivity index is 2.39. The van der Waals surface area contributed by atoms with Crippen molar-refractivity contribution in [3.63, 3.8) is 0 Å². The lowest BCUT2D eigenvalue weighted by Gasteiger charge is -2.01. The third-order valence-corrected chi connectivity index (χ3v) is 2.04. The summed E-state index contributed by atoms with van der Waals surface area (Å²) in [5.74, 6) is 1.13. The second-order valence-corrected chi connectivity index (χ2v) is 2.99. The summed E-state index contributed by atoms with van der Waals surface area (Å²) >= 11 is 0. The van der Waals surface area contributed by atoms with Crippen LogP contribution in [0.15, 0.2) is 6.33 Å². The van der Waals surface area contributed by atoms with Gasteiger partial charge in [-0.2, -0.15) is 0 Å². The number of rotatable bonds is 5. The molecule has 0 spiro atoms. The highest BCUT2D eigenvalue weighted by atomic mass is 15.3. The number of unbranched alkanes of at least 4 members (excludes halogenated alkanes) is 2. The molecule has 1 aromatic heterocycles. The fraction of sp³-hybridized carbons (Fsp3) is 0.778. The molecule has 0 atom stereocenters. The van der Waals surface area contributed by atoms with Crippen molar-refractivity contribution in [2.75, 3.05) is 0 Å². The van der Waals surface area contributed by atoms with E-state index in [1.54, 1.807) is 6.33 Å². The third kappa shape index (κ3) is 2.32. The van der Waals surface area contributed by atoms with Gasteiger partial charge in [-0.15, -0.1) is 10.2 Å². The average molecular weight is 167 g/mol. The summed E-state index contributed by atoms with van der Waals surface area (Å²) in [6, 6.07) is 0. The van der Waals surface area contributed by atoms with E-state index in [4.69, 9.17) is 0 Å². The van der Waals surface area contributed by atoms with Gasteiger partial charge in [0.05, 0.1) is 0 Å². The lowest BCUT2D eigenvalue weighted by molar-refractivity contribution is 0.640. The molecule has 0 saturated heterocycles. The molecule has 0 aliphatic carbocycles. The van der Waals surface area contributed by atoms with Gasteiger partial charge in [-0.3, -0.25) is 0 Å². The minimum atomic E-state index is 0.981. The Kier molecular flexibility index (Phi) is 3.77. The predicted octanol–water partition coefficient (Wildman–Crippen LogP) is 2.03. The van der Waals surface area contributed by atoms with E-state index < -0.39 is 0 Å². The first kappa shape index (κ1) is 9.23. The van der Waals surface area contributed by atoms with Crippen LogP contribution in [0.25, 0.3) is 0 Å². The quantitative estimate of drug-likeness (QED) is 0.628. The molecule has 68 valence electrons. The van der Waals surface area contributed by atoms with Gasteiger partial charge in [-0.05, 0) is 13.3 Å². The highest BCUT2D eigenvalue weighted by molar-refractivity contribution is 4.85. The first-order valence-electron chi connectivity index (χ1n) is 4.75. The van der Waals surface area contributed by atoms with Crippen LogP contribution in [-0.4, -0.2) is 14.8 Å². The number of nitrogens with zero attached hydrogens (tertiary/aromatic N) is 3. The third-order valence-electron chi connectivity index (χ3n) is 2.04. The molecule has 1 heterocycles. The second-order valence-electron chi connectivity index (χ2n) is 2.99.